The molecule has 2 aromatic carbocycles. The summed E-state index contributed by atoms with van der Waals surface area (Å²) in [7, 11) is -3.29. The Balaban J connectivity index is 1.79. The Hall–Kier alpha value is -2.91. The van der Waals surface area contributed by atoms with Crippen LogP contribution in [0.2, 0.25) is 0 Å². The van der Waals surface area contributed by atoms with Crippen LogP contribution >= 0.6 is 0 Å². The van der Waals surface area contributed by atoms with Gasteiger partial charge in [-0.15, -0.1) is 0 Å². The van der Waals surface area contributed by atoms with Gasteiger partial charge in [0.1, 0.15) is 6.54 Å². The molecule has 148 valence electrons. The monoisotopic (exact) mass is 402 g/mol. The number of imidazole rings is 1. The van der Waals surface area contributed by atoms with Gasteiger partial charge in [0.2, 0.25) is 11.9 Å². The zero-order valence-electron chi connectivity index (χ0n) is 15.6. The van der Waals surface area contributed by atoms with Crippen LogP contribution in [0.5, 0.6) is 0 Å². The van der Waals surface area contributed by atoms with Crippen LogP contribution in [0, 0.1) is 0 Å². The summed E-state index contributed by atoms with van der Waals surface area (Å²) in [5.74, 6) is 0.208. The molecule has 0 aliphatic rings. The number of aliphatic hydroxyl groups excluding tert-OH is 1. The van der Waals surface area contributed by atoms with Crippen LogP contribution in [0.1, 0.15) is 6.92 Å². The number of para-hydroxylation sites is 2. The summed E-state index contributed by atoms with van der Waals surface area (Å²) in [5.41, 5.74) is 2.03. The second-order valence-electron chi connectivity index (χ2n) is 6.58. The number of carbonyl (C=O) groups is 1. The number of fused-ring (bicyclic) bond motifs is 1. The Morgan fingerprint density at radius 3 is 2.50 bits per heavy atom. The summed E-state index contributed by atoms with van der Waals surface area (Å²) >= 11 is 0. The van der Waals surface area contributed by atoms with Gasteiger partial charge in [-0.25, -0.2) is 13.4 Å². The van der Waals surface area contributed by atoms with Gasteiger partial charge in [-0.1, -0.05) is 12.1 Å². The average Bonchev–Trinajstić information content (AvgIpc) is 2.97. The van der Waals surface area contributed by atoms with Crippen molar-refractivity contribution in [2.45, 2.75) is 24.5 Å². The van der Waals surface area contributed by atoms with Crippen molar-refractivity contribution in [1.29, 1.82) is 0 Å². The molecule has 8 nitrogen and oxygen atoms in total. The van der Waals surface area contributed by atoms with E-state index in [9.17, 15) is 18.3 Å². The maximum Gasteiger partial charge on any atom is 0.244 e. The predicted molar refractivity (Wildman–Crippen MR) is 108 cm³/mol. The smallest absolute Gasteiger partial charge is 0.244 e. The largest absolute Gasteiger partial charge is 0.392 e. The number of aliphatic hydroxyl groups is 1. The SMILES string of the molecule is CC(O)CNc1nc2ccccc2n1CC(=O)Nc1ccc(S(C)(=O)=O)cc1. The Kier molecular flexibility index (Phi) is 5.66. The lowest BCUT2D eigenvalue weighted by Crippen LogP contribution is -2.22. The first-order chi connectivity index (χ1) is 13.2. The van der Waals surface area contributed by atoms with E-state index in [1.807, 2.05) is 24.3 Å². The van der Waals surface area contributed by atoms with Crippen molar-refractivity contribution in [2.24, 2.45) is 0 Å². The van der Waals surface area contributed by atoms with E-state index in [1.54, 1.807) is 23.6 Å². The Morgan fingerprint density at radius 2 is 1.86 bits per heavy atom. The quantitative estimate of drug-likeness (QED) is 0.556. The molecule has 1 atom stereocenters. The van der Waals surface area contributed by atoms with Gasteiger partial charge < -0.3 is 20.3 Å². The van der Waals surface area contributed by atoms with Gasteiger partial charge in [0.25, 0.3) is 0 Å². The van der Waals surface area contributed by atoms with E-state index in [1.165, 1.54) is 12.1 Å². The normalized spacial score (nSPS) is 12.7. The van der Waals surface area contributed by atoms with Gasteiger partial charge in [0.15, 0.2) is 9.84 Å². The van der Waals surface area contributed by atoms with Gasteiger partial charge in [-0.05, 0) is 43.3 Å². The molecular weight excluding hydrogens is 380 g/mol. The van der Waals surface area contributed by atoms with Gasteiger partial charge in [0, 0.05) is 18.5 Å². The fourth-order valence-corrected chi connectivity index (χ4v) is 3.37. The standard InChI is InChI=1S/C19H22N4O4S/c1-13(24)11-20-19-22-16-5-3-4-6-17(16)23(19)12-18(25)21-14-7-9-15(10-8-14)28(2,26)27/h3-10,13,24H,11-12H2,1-2H3,(H,20,22)(H,21,25). The number of sulfone groups is 1. The molecule has 9 heteroatoms. The van der Waals surface area contributed by atoms with Crippen molar-refractivity contribution in [3.05, 3.63) is 48.5 Å². The number of hydrogen-bond donors (Lipinski definition) is 3. The summed E-state index contributed by atoms with van der Waals surface area (Å²) in [6, 6.07) is 13.4. The van der Waals surface area contributed by atoms with Crippen LogP contribution in [-0.2, 0) is 21.2 Å². The van der Waals surface area contributed by atoms with Crippen molar-refractivity contribution >= 4 is 38.4 Å². The first-order valence-electron chi connectivity index (χ1n) is 8.71. The van der Waals surface area contributed by atoms with Crippen LogP contribution in [-0.4, -0.2) is 47.9 Å². The van der Waals surface area contributed by atoms with Crippen LogP contribution < -0.4 is 10.6 Å². The molecule has 1 unspecified atom stereocenters. The molecule has 0 spiro atoms. The van der Waals surface area contributed by atoms with E-state index in [-0.39, 0.29) is 17.3 Å². The summed E-state index contributed by atoms with van der Waals surface area (Å²) < 4.78 is 24.8. The molecule has 1 heterocycles. The van der Waals surface area contributed by atoms with Crippen LogP contribution in [0.3, 0.4) is 0 Å². The van der Waals surface area contributed by atoms with Crippen LogP contribution in [0.15, 0.2) is 53.4 Å². The van der Waals surface area contributed by atoms with Crippen LogP contribution in [0.4, 0.5) is 11.6 Å². The molecule has 0 radical (unpaired) electrons. The molecule has 3 N–H and O–H groups in total. The maximum atomic E-state index is 12.5. The highest BCUT2D eigenvalue weighted by Gasteiger charge is 2.14. The van der Waals surface area contributed by atoms with Crippen molar-refractivity contribution in [3.8, 4) is 0 Å². The second-order valence-corrected chi connectivity index (χ2v) is 8.60. The Bertz CT molecular complexity index is 1090. The molecule has 1 aromatic heterocycles. The number of anilines is 2. The molecule has 0 aliphatic carbocycles. The maximum absolute atomic E-state index is 12.5. The summed E-state index contributed by atoms with van der Waals surface area (Å²) in [6.07, 6.45) is 0.572. The number of benzene rings is 2. The molecular formula is C19H22N4O4S. The summed E-state index contributed by atoms with van der Waals surface area (Å²) in [5, 5.41) is 15.3. The molecule has 3 aromatic rings. The minimum Gasteiger partial charge on any atom is -0.392 e. The van der Waals surface area contributed by atoms with E-state index >= 15 is 0 Å². The zero-order valence-corrected chi connectivity index (χ0v) is 16.4. The second kappa shape index (κ2) is 7.99. The molecule has 0 saturated heterocycles. The zero-order chi connectivity index (χ0) is 20.3. The fraction of sp³-hybridized carbons (Fsp3) is 0.263. The average molecular weight is 402 g/mol. The van der Waals surface area contributed by atoms with E-state index < -0.39 is 15.9 Å². The lowest BCUT2D eigenvalue weighted by molar-refractivity contribution is -0.116. The van der Waals surface area contributed by atoms with E-state index in [0.717, 1.165) is 17.3 Å². The molecule has 3 rings (SSSR count). The first-order valence-corrected chi connectivity index (χ1v) is 10.6. The number of carbonyl (C=O) groups excluding carboxylic acids is 1. The number of rotatable bonds is 7. The number of amides is 1. The summed E-state index contributed by atoms with van der Waals surface area (Å²) in [4.78, 5) is 17.2. The van der Waals surface area contributed by atoms with Gasteiger partial charge in [-0.2, -0.15) is 0 Å². The molecule has 0 saturated carbocycles. The lowest BCUT2D eigenvalue weighted by Gasteiger charge is -2.12. The summed E-state index contributed by atoms with van der Waals surface area (Å²) in [6.45, 7) is 1.97. The Labute approximate surface area is 163 Å². The minimum atomic E-state index is -3.29. The van der Waals surface area contributed by atoms with Crippen molar-refractivity contribution in [1.82, 2.24) is 9.55 Å². The van der Waals surface area contributed by atoms with Crippen molar-refractivity contribution < 1.29 is 18.3 Å². The third-order valence-electron chi connectivity index (χ3n) is 4.08. The van der Waals surface area contributed by atoms with Crippen LogP contribution in [0.25, 0.3) is 11.0 Å². The van der Waals surface area contributed by atoms with Crippen molar-refractivity contribution in [3.63, 3.8) is 0 Å². The van der Waals surface area contributed by atoms with E-state index in [2.05, 4.69) is 15.6 Å². The van der Waals surface area contributed by atoms with Gasteiger partial charge in [0.05, 0.1) is 22.0 Å². The third-order valence-corrected chi connectivity index (χ3v) is 5.21. The first kappa shape index (κ1) is 19.8. The number of hydrogen-bond acceptors (Lipinski definition) is 6. The molecule has 0 fully saturated rings. The van der Waals surface area contributed by atoms with Crippen molar-refractivity contribution in [2.75, 3.05) is 23.4 Å². The van der Waals surface area contributed by atoms with E-state index in [4.69, 9.17) is 0 Å². The van der Waals surface area contributed by atoms with Gasteiger partial charge in [-0.3, -0.25) is 4.79 Å². The molecule has 28 heavy (non-hydrogen) atoms. The highest BCUT2D eigenvalue weighted by Crippen LogP contribution is 2.20. The molecule has 0 bridgehead atoms. The van der Waals surface area contributed by atoms with Gasteiger partial charge >= 0.3 is 0 Å². The predicted octanol–water partition coefficient (Wildman–Crippen LogP) is 1.87. The lowest BCUT2D eigenvalue weighted by atomic mass is 10.3. The number of aromatic nitrogens is 2. The number of nitrogens with zero attached hydrogens (tertiary/aromatic N) is 2. The Morgan fingerprint density at radius 1 is 1.18 bits per heavy atom. The molecule has 0 aliphatic heterocycles. The topological polar surface area (TPSA) is 113 Å². The highest BCUT2D eigenvalue weighted by atomic mass is 32.2. The minimum absolute atomic E-state index is 0.0104. The number of nitrogens with one attached hydrogen (secondary N) is 2. The third kappa shape index (κ3) is 4.68. The molecule has 1 amide bonds. The van der Waals surface area contributed by atoms with E-state index in [0.29, 0.717) is 18.2 Å². The fourth-order valence-electron chi connectivity index (χ4n) is 2.74. The highest BCUT2D eigenvalue weighted by molar-refractivity contribution is 7.90.